The molecule has 2 aromatic carbocycles. The first-order chi connectivity index (χ1) is 14.5. The van der Waals surface area contributed by atoms with Gasteiger partial charge in [0.15, 0.2) is 17.2 Å². The lowest BCUT2D eigenvalue weighted by atomic mass is 10.1. The Balaban J connectivity index is 1.95. The van der Waals surface area contributed by atoms with Crippen molar-refractivity contribution in [1.82, 2.24) is 0 Å². The summed E-state index contributed by atoms with van der Waals surface area (Å²) in [5.41, 5.74) is 1.32. The van der Waals surface area contributed by atoms with E-state index in [-0.39, 0.29) is 35.3 Å². The Kier molecular flexibility index (Phi) is 6.36. The Morgan fingerprint density at radius 2 is 1.67 bits per heavy atom. The predicted octanol–water partition coefficient (Wildman–Crippen LogP) is 3.37. The molecule has 0 atom stereocenters. The summed E-state index contributed by atoms with van der Waals surface area (Å²) < 4.78 is 26.4. The molecule has 0 aliphatic carbocycles. The third-order valence-corrected chi connectivity index (χ3v) is 4.25. The summed E-state index contributed by atoms with van der Waals surface area (Å²) in [4.78, 5) is 28.3. The van der Waals surface area contributed by atoms with Crippen LogP contribution >= 0.6 is 0 Å². The second kappa shape index (κ2) is 9.13. The lowest BCUT2D eigenvalue weighted by Gasteiger charge is -2.13. The van der Waals surface area contributed by atoms with E-state index in [1.54, 1.807) is 50.4 Å². The SMILES string of the molecule is CCC(=O)Oc1c(OC)cc(C=C2N=C(c3ccc(OC)cc3)OC2=O)cc1OC. The van der Waals surface area contributed by atoms with Gasteiger partial charge in [0.1, 0.15) is 5.75 Å². The third kappa shape index (κ3) is 4.43. The zero-order valence-corrected chi connectivity index (χ0v) is 17.1. The van der Waals surface area contributed by atoms with Gasteiger partial charge in [0, 0.05) is 12.0 Å². The van der Waals surface area contributed by atoms with Crippen LogP contribution in [0.2, 0.25) is 0 Å². The Labute approximate surface area is 173 Å². The van der Waals surface area contributed by atoms with Gasteiger partial charge in [-0.05, 0) is 48.0 Å². The van der Waals surface area contributed by atoms with E-state index in [0.717, 1.165) is 0 Å². The van der Waals surface area contributed by atoms with E-state index in [1.165, 1.54) is 20.3 Å². The van der Waals surface area contributed by atoms with Gasteiger partial charge in [-0.3, -0.25) is 4.79 Å². The molecule has 0 amide bonds. The smallest absolute Gasteiger partial charge is 0.363 e. The van der Waals surface area contributed by atoms with Crippen molar-refractivity contribution in [3.8, 4) is 23.0 Å². The summed E-state index contributed by atoms with van der Waals surface area (Å²) in [5, 5.41) is 0. The Bertz CT molecular complexity index is 997. The number of hydrogen-bond acceptors (Lipinski definition) is 8. The van der Waals surface area contributed by atoms with Gasteiger partial charge in [-0.2, -0.15) is 0 Å². The summed E-state index contributed by atoms with van der Waals surface area (Å²) in [7, 11) is 4.46. The summed E-state index contributed by atoms with van der Waals surface area (Å²) in [6.45, 7) is 1.68. The maximum Gasteiger partial charge on any atom is 0.363 e. The molecule has 1 aliphatic heterocycles. The van der Waals surface area contributed by atoms with Gasteiger partial charge < -0.3 is 23.7 Å². The zero-order valence-electron chi connectivity index (χ0n) is 17.1. The molecule has 8 nitrogen and oxygen atoms in total. The number of methoxy groups -OCH3 is 3. The van der Waals surface area contributed by atoms with Gasteiger partial charge >= 0.3 is 11.9 Å². The van der Waals surface area contributed by atoms with E-state index in [0.29, 0.717) is 16.9 Å². The summed E-state index contributed by atoms with van der Waals surface area (Å²) in [5.74, 6) is 0.614. The van der Waals surface area contributed by atoms with Gasteiger partial charge in [-0.15, -0.1) is 0 Å². The second-order valence-electron chi connectivity index (χ2n) is 6.15. The van der Waals surface area contributed by atoms with Gasteiger partial charge in [-0.25, -0.2) is 9.79 Å². The van der Waals surface area contributed by atoms with Crippen molar-refractivity contribution in [2.24, 2.45) is 4.99 Å². The number of hydrogen-bond donors (Lipinski definition) is 0. The average Bonchev–Trinajstić information content (AvgIpc) is 3.14. The van der Waals surface area contributed by atoms with Crippen molar-refractivity contribution in [3.63, 3.8) is 0 Å². The molecule has 0 saturated heterocycles. The number of rotatable bonds is 7. The molecule has 2 aromatic rings. The molecule has 156 valence electrons. The van der Waals surface area contributed by atoms with Crippen LogP contribution in [0.25, 0.3) is 6.08 Å². The topological polar surface area (TPSA) is 92.7 Å². The summed E-state index contributed by atoms with van der Waals surface area (Å²) >= 11 is 0. The van der Waals surface area contributed by atoms with Crippen LogP contribution in [0.1, 0.15) is 24.5 Å². The standard InChI is InChI=1S/C22H21NO7/c1-5-19(24)29-20-17(27-3)11-13(12-18(20)28-4)10-16-22(25)30-21(23-16)14-6-8-15(26-2)9-7-14/h6-12H,5H2,1-4H3. The minimum Gasteiger partial charge on any atom is -0.497 e. The molecule has 0 aromatic heterocycles. The van der Waals surface area contributed by atoms with E-state index in [4.69, 9.17) is 23.7 Å². The number of aliphatic imine (C=N–C) groups is 1. The monoisotopic (exact) mass is 411 g/mol. The highest BCUT2D eigenvalue weighted by Crippen LogP contribution is 2.39. The fraction of sp³-hybridized carbons (Fsp3) is 0.227. The Morgan fingerprint density at radius 1 is 1.03 bits per heavy atom. The van der Waals surface area contributed by atoms with E-state index in [2.05, 4.69) is 4.99 Å². The predicted molar refractivity (Wildman–Crippen MR) is 109 cm³/mol. The van der Waals surface area contributed by atoms with Crippen LogP contribution in [0, 0.1) is 0 Å². The lowest BCUT2D eigenvalue weighted by Crippen LogP contribution is -2.08. The Morgan fingerprint density at radius 3 is 2.20 bits per heavy atom. The van der Waals surface area contributed by atoms with E-state index in [9.17, 15) is 9.59 Å². The van der Waals surface area contributed by atoms with Crippen LogP contribution in [-0.2, 0) is 14.3 Å². The molecule has 0 saturated carbocycles. The van der Waals surface area contributed by atoms with Gasteiger partial charge in [0.05, 0.1) is 21.3 Å². The van der Waals surface area contributed by atoms with Crippen LogP contribution in [0.4, 0.5) is 0 Å². The molecule has 0 unspecified atom stereocenters. The van der Waals surface area contributed by atoms with Crippen LogP contribution in [0.15, 0.2) is 47.1 Å². The van der Waals surface area contributed by atoms with Crippen LogP contribution in [-0.4, -0.2) is 39.2 Å². The summed E-state index contributed by atoms with van der Waals surface area (Å²) in [6.07, 6.45) is 1.74. The maximum atomic E-state index is 12.3. The third-order valence-electron chi connectivity index (χ3n) is 4.25. The highest BCUT2D eigenvalue weighted by atomic mass is 16.6. The van der Waals surface area contributed by atoms with E-state index < -0.39 is 11.9 Å². The number of carbonyl (C=O) groups is 2. The Hall–Kier alpha value is -3.81. The second-order valence-corrected chi connectivity index (χ2v) is 6.15. The fourth-order valence-corrected chi connectivity index (χ4v) is 2.69. The number of benzene rings is 2. The number of nitrogens with zero attached hydrogens (tertiary/aromatic N) is 1. The van der Waals surface area contributed by atoms with Crippen LogP contribution in [0.3, 0.4) is 0 Å². The molecule has 1 heterocycles. The first kappa shape index (κ1) is 20.9. The van der Waals surface area contributed by atoms with Crippen molar-refractivity contribution in [2.45, 2.75) is 13.3 Å². The van der Waals surface area contributed by atoms with Crippen molar-refractivity contribution < 1.29 is 33.3 Å². The van der Waals surface area contributed by atoms with Crippen LogP contribution < -0.4 is 18.9 Å². The highest BCUT2D eigenvalue weighted by molar-refractivity contribution is 6.12. The minimum absolute atomic E-state index is 0.114. The highest BCUT2D eigenvalue weighted by Gasteiger charge is 2.25. The number of ether oxygens (including phenoxy) is 5. The molecule has 8 heteroatoms. The maximum absolute atomic E-state index is 12.3. The first-order valence-corrected chi connectivity index (χ1v) is 9.12. The lowest BCUT2D eigenvalue weighted by molar-refractivity contribution is -0.134. The molecule has 0 N–H and O–H groups in total. The molecule has 0 fully saturated rings. The van der Waals surface area contributed by atoms with Crippen LogP contribution in [0.5, 0.6) is 23.0 Å². The fourth-order valence-electron chi connectivity index (χ4n) is 2.69. The van der Waals surface area contributed by atoms with E-state index >= 15 is 0 Å². The molecule has 0 spiro atoms. The van der Waals surface area contributed by atoms with Crippen molar-refractivity contribution in [3.05, 3.63) is 53.2 Å². The molecule has 3 rings (SSSR count). The number of esters is 2. The van der Waals surface area contributed by atoms with Crippen molar-refractivity contribution in [1.29, 1.82) is 0 Å². The first-order valence-electron chi connectivity index (χ1n) is 9.12. The molecular weight excluding hydrogens is 390 g/mol. The van der Waals surface area contributed by atoms with Crippen molar-refractivity contribution >= 4 is 23.9 Å². The van der Waals surface area contributed by atoms with E-state index in [1.807, 2.05) is 0 Å². The average molecular weight is 411 g/mol. The van der Waals surface area contributed by atoms with Gasteiger partial charge in [0.25, 0.3) is 0 Å². The van der Waals surface area contributed by atoms with Gasteiger partial charge in [-0.1, -0.05) is 6.92 Å². The molecule has 0 radical (unpaired) electrons. The molecule has 30 heavy (non-hydrogen) atoms. The largest absolute Gasteiger partial charge is 0.497 e. The molecule has 0 bridgehead atoms. The number of cyclic esters (lactones) is 1. The van der Waals surface area contributed by atoms with Gasteiger partial charge in [0.2, 0.25) is 11.6 Å². The zero-order chi connectivity index (χ0) is 21.7. The minimum atomic E-state index is -0.583. The normalized spacial score (nSPS) is 14.2. The quantitative estimate of drug-likeness (QED) is 0.392. The molecular formula is C22H21NO7. The number of carbonyl (C=O) groups excluding carboxylic acids is 2. The molecule has 1 aliphatic rings. The summed E-state index contributed by atoms with van der Waals surface area (Å²) in [6, 6.07) is 10.2. The van der Waals surface area contributed by atoms with Crippen molar-refractivity contribution in [2.75, 3.05) is 21.3 Å².